The van der Waals surface area contributed by atoms with Gasteiger partial charge in [-0.2, -0.15) is 0 Å². The van der Waals surface area contributed by atoms with Gasteiger partial charge < -0.3 is 10.6 Å². The second-order valence-electron chi connectivity index (χ2n) is 7.40. The zero-order chi connectivity index (χ0) is 20.4. The van der Waals surface area contributed by atoms with Crippen LogP contribution in [0.4, 0.5) is 10.5 Å². The molecule has 148 valence electrons. The van der Waals surface area contributed by atoms with Crippen LogP contribution >= 0.6 is 0 Å². The summed E-state index contributed by atoms with van der Waals surface area (Å²) in [6.07, 6.45) is 2.95. The molecule has 7 heteroatoms. The number of urea groups is 1. The lowest BCUT2D eigenvalue weighted by atomic mass is 9.98. The molecule has 0 atom stereocenters. The first-order valence-electron chi connectivity index (χ1n) is 9.63. The van der Waals surface area contributed by atoms with E-state index >= 15 is 0 Å². The van der Waals surface area contributed by atoms with Crippen molar-refractivity contribution < 1.29 is 19.2 Å². The van der Waals surface area contributed by atoms with E-state index in [9.17, 15) is 19.2 Å². The molecule has 2 fully saturated rings. The third kappa shape index (κ3) is 3.51. The number of nitrogens with zero attached hydrogens (tertiary/aromatic N) is 1. The average Bonchev–Trinajstić information content (AvgIpc) is 3.29. The van der Waals surface area contributed by atoms with Gasteiger partial charge in [0, 0.05) is 11.1 Å². The number of ketones is 1. The van der Waals surface area contributed by atoms with Crippen LogP contribution in [0.3, 0.4) is 0 Å². The molecule has 0 unspecified atom stereocenters. The van der Waals surface area contributed by atoms with Crippen molar-refractivity contribution in [2.45, 2.75) is 31.2 Å². The molecule has 1 heterocycles. The van der Waals surface area contributed by atoms with Crippen molar-refractivity contribution >= 4 is 29.3 Å². The molecule has 1 spiro atoms. The highest BCUT2D eigenvalue weighted by Gasteiger charge is 2.52. The van der Waals surface area contributed by atoms with Crippen LogP contribution in [0, 0.1) is 0 Å². The number of rotatable bonds is 5. The predicted octanol–water partition coefficient (Wildman–Crippen LogP) is 2.72. The fourth-order valence-corrected chi connectivity index (χ4v) is 4.01. The summed E-state index contributed by atoms with van der Waals surface area (Å²) in [6, 6.07) is 14.9. The fourth-order valence-electron chi connectivity index (χ4n) is 4.01. The average molecular weight is 391 g/mol. The highest BCUT2D eigenvalue weighted by Crippen LogP contribution is 2.35. The number of hydrogen-bond acceptors (Lipinski definition) is 4. The van der Waals surface area contributed by atoms with Crippen molar-refractivity contribution in [3.05, 3.63) is 65.7 Å². The normalized spacial score (nSPS) is 17.4. The van der Waals surface area contributed by atoms with Crippen LogP contribution in [0.15, 0.2) is 54.6 Å². The number of imide groups is 1. The number of benzene rings is 2. The van der Waals surface area contributed by atoms with E-state index in [2.05, 4.69) is 10.6 Å². The topological polar surface area (TPSA) is 95.6 Å². The van der Waals surface area contributed by atoms with E-state index in [0.29, 0.717) is 29.7 Å². The van der Waals surface area contributed by atoms with E-state index in [-0.39, 0.29) is 18.2 Å². The molecular weight excluding hydrogens is 370 g/mol. The van der Waals surface area contributed by atoms with Crippen molar-refractivity contribution in [1.29, 1.82) is 0 Å². The highest BCUT2D eigenvalue weighted by atomic mass is 16.2. The summed E-state index contributed by atoms with van der Waals surface area (Å²) >= 11 is 0. The molecule has 0 aromatic heterocycles. The Balaban J connectivity index is 1.49. The maximum Gasteiger partial charge on any atom is 0.325 e. The zero-order valence-corrected chi connectivity index (χ0v) is 15.8. The molecule has 2 aromatic carbocycles. The molecule has 2 aromatic rings. The second kappa shape index (κ2) is 7.50. The van der Waals surface area contributed by atoms with E-state index in [1.54, 1.807) is 48.5 Å². The molecule has 0 bridgehead atoms. The number of hydrogen-bond donors (Lipinski definition) is 2. The Morgan fingerprint density at radius 2 is 1.62 bits per heavy atom. The first-order chi connectivity index (χ1) is 14.0. The quantitative estimate of drug-likeness (QED) is 0.605. The summed E-state index contributed by atoms with van der Waals surface area (Å²) in [5.41, 5.74) is 0.343. The smallest absolute Gasteiger partial charge is 0.324 e. The molecule has 4 rings (SSSR count). The largest absolute Gasteiger partial charge is 0.325 e. The number of amides is 4. The van der Waals surface area contributed by atoms with Gasteiger partial charge in [0.15, 0.2) is 5.78 Å². The Kier molecular flexibility index (Phi) is 4.88. The van der Waals surface area contributed by atoms with Gasteiger partial charge in [0.1, 0.15) is 12.1 Å². The van der Waals surface area contributed by atoms with Gasteiger partial charge in [-0.25, -0.2) is 4.79 Å². The summed E-state index contributed by atoms with van der Waals surface area (Å²) in [7, 11) is 0. The Bertz CT molecular complexity index is 981. The first-order valence-corrected chi connectivity index (χ1v) is 9.63. The SMILES string of the molecule is O=C(CN1C(=O)NC2(CCCC2)C1=O)Nc1ccccc1C(=O)c1ccccc1. The minimum Gasteiger partial charge on any atom is -0.324 e. The minimum absolute atomic E-state index is 0.221. The molecular formula is C22H21N3O4. The third-order valence-corrected chi connectivity index (χ3v) is 5.49. The van der Waals surface area contributed by atoms with Gasteiger partial charge in [0.2, 0.25) is 5.91 Å². The molecule has 1 saturated heterocycles. The van der Waals surface area contributed by atoms with Gasteiger partial charge in [-0.1, -0.05) is 55.3 Å². The lowest BCUT2D eigenvalue weighted by Gasteiger charge is -2.20. The first kappa shape index (κ1) is 18.9. The Morgan fingerprint density at radius 3 is 2.34 bits per heavy atom. The molecule has 0 radical (unpaired) electrons. The predicted molar refractivity (Wildman–Crippen MR) is 106 cm³/mol. The third-order valence-electron chi connectivity index (χ3n) is 5.49. The van der Waals surface area contributed by atoms with Gasteiger partial charge in [-0.3, -0.25) is 19.3 Å². The summed E-state index contributed by atoms with van der Waals surface area (Å²) < 4.78 is 0. The Hall–Kier alpha value is -3.48. The molecule has 1 aliphatic heterocycles. The molecule has 2 N–H and O–H groups in total. The summed E-state index contributed by atoms with van der Waals surface area (Å²) in [5.74, 6) is -1.10. The van der Waals surface area contributed by atoms with Crippen molar-refractivity contribution in [3.63, 3.8) is 0 Å². The molecule has 1 aliphatic carbocycles. The van der Waals surface area contributed by atoms with Crippen molar-refractivity contribution in [1.82, 2.24) is 10.2 Å². The van der Waals surface area contributed by atoms with Gasteiger partial charge >= 0.3 is 6.03 Å². The molecule has 2 aliphatic rings. The zero-order valence-electron chi connectivity index (χ0n) is 15.8. The standard InChI is InChI=1S/C22H21N3O4/c26-18(14-25-20(28)22(24-21(25)29)12-6-7-13-22)23-17-11-5-4-10-16(17)19(27)15-8-2-1-3-9-15/h1-5,8-11H,6-7,12-14H2,(H,23,26)(H,24,29). The highest BCUT2D eigenvalue weighted by molar-refractivity contribution is 6.15. The number of carbonyl (C=O) groups is 4. The van der Waals surface area contributed by atoms with Crippen LogP contribution in [0.1, 0.15) is 41.6 Å². The monoisotopic (exact) mass is 391 g/mol. The van der Waals surface area contributed by atoms with Gasteiger partial charge in [0.25, 0.3) is 5.91 Å². The van der Waals surface area contributed by atoms with Crippen molar-refractivity contribution in [3.8, 4) is 0 Å². The summed E-state index contributed by atoms with van der Waals surface area (Å²) in [4.78, 5) is 51.3. The molecule has 1 saturated carbocycles. The molecule has 29 heavy (non-hydrogen) atoms. The summed E-state index contributed by atoms with van der Waals surface area (Å²) in [6.45, 7) is -0.389. The van der Waals surface area contributed by atoms with E-state index in [0.717, 1.165) is 17.7 Å². The van der Waals surface area contributed by atoms with E-state index in [1.807, 2.05) is 6.07 Å². The van der Waals surface area contributed by atoms with E-state index in [4.69, 9.17) is 0 Å². The van der Waals surface area contributed by atoms with Crippen molar-refractivity contribution in [2.75, 3.05) is 11.9 Å². The maximum atomic E-state index is 12.8. The number of anilines is 1. The van der Waals surface area contributed by atoms with E-state index < -0.39 is 17.5 Å². The Labute approximate surface area is 168 Å². The Morgan fingerprint density at radius 1 is 0.966 bits per heavy atom. The summed E-state index contributed by atoms with van der Waals surface area (Å²) in [5, 5.41) is 5.43. The van der Waals surface area contributed by atoms with Crippen LogP contribution in [0.5, 0.6) is 0 Å². The van der Waals surface area contributed by atoms with Gasteiger partial charge in [-0.15, -0.1) is 0 Å². The maximum absolute atomic E-state index is 12.8. The second-order valence-corrected chi connectivity index (χ2v) is 7.40. The van der Waals surface area contributed by atoms with Gasteiger partial charge in [0.05, 0.1) is 5.69 Å². The number of carbonyl (C=O) groups excluding carboxylic acids is 4. The lowest BCUT2D eigenvalue weighted by Crippen LogP contribution is -2.44. The van der Waals surface area contributed by atoms with Gasteiger partial charge in [-0.05, 0) is 25.0 Å². The van der Waals surface area contributed by atoms with Crippen molar-refractivity contribution in [2.24, 2.45) is 0 Å². The van der Waals surface area contributed by atoms with Crippen LogP contribution in [-0.4, -0.2) is 40.6 Å². The van der Waals surface area contributed by atoms with Crippen LogP contribution in [0.25, 0.3) is 0 Å². The van der Waals surface area contributed by atoms with Crippen LogP contribution < -0.4 is 10.6 Å². The number of para-hydroxylation sites is 1. The lowest BCUT2D eigenvalue weighted by molar-refractivity contribution is -0.133. The fraction of sp³-hybridized carbons (Fsp3) is 0.273. The number of nitrogens with one attached hydrogen (secondary N) is 2. The van der Waals surface area contributed by atoms with E-state index in [1.165, 1.54) is 0 Å². The minimum atomic E-state index is -0.849. The van der Waals surface area contributed by atoms with Crippen LogP contribution in [0.2, 0.25) is 0 Å². The molecule has 4 amide bonds. The van der Waals surface area contributed by atoms with Crippen LogP contribution in [-0.2, 0) is 9.59 Å². The molecule has 7 nitrogen and oxygen atoms in total.